The zero-order valence-electron chi connectivity index (χ0n) is 4.94. The molecule has 1 aliphatic rings. The second-order valence-electron chi connectivity index (χ2n) is 1.80. The summed E-state index contributed by atoms with van der Waals surface area (Å²) >= 11 is 0. The number of hydrogen-bond donors (Lipinski definition) is 0. The molecule has 0 fully saturated rings. The van der Waals surface area contributed by atoms with E-state index in [-0.39, 0.29) is 0 Å². The second-order valence-corrected chi connectivity index (χ2v) is 1.80. The highest BCUT2D eigenvalue weighted by molar-refractivity contribution is 5.82. The fraction of sp³-hybridized carbons (Fsp3) is 0. The molecule has 0 saturated heterocycles. The lowest BCUT2D eigenvalue weighted by molar-refractivity contribution is 0.211. The molecule has 1 radical (unpaired) electrons. The molecule has 0 aromatic carbocycles. The number of carbonyl (C=O) groups is 1. The van der Waals surface area contributed by atoms with Crippen molar-refractivity contribution in [2.45, 2.75) is 0 Å². The summed E-state index contributed by atoms with van der Waals surface area (Å²) in [5.41, 5.74) is 0. The average molecular weight is 135 g/mol. The fourth-order valence-corrected chi connectivity index (χ4v) is 0.749. The molecule has 0 spiro atoms. The highest BCUT2D eigenvalue weighted by Crippen LogP contribution is 2.25. The topological polar surface area (TPSA) is 53.3 Å². The van der Waals surface area contributed by atoms with Crippen molar-refractivity contribution in [1.29, 1.82) is 0 Å². The van der Waals surface area contributed by atoms with Gasteiger partial charge in [-0.15, -0.1) is 0 Å². The Hall–Kier alpha value is -1.58. The lowest BCUT2D eigenvalue weighted by Crippen LogP contribution is -2.05. The van der Waals surface area contributed by atoms with Gasteiger partial charge in [-0.3, -0.25) is 0 Å². The van der Waals surface area contributed by atoms with Gasteiger partial charge >= 0.3 is 6.09 Å². The van der Waals surface area contributed by atoms with Crippen LogP contribution in [0.4, 0.5) is 10.6 Å². The number of hydrogen-bond acceptors (Lipinski definition) is 3. The minimum Gasteiger partial charge on any atom is -0.405 e. The average Bonchev–Trinajstić information content (AvgIpc) is 2.27. The molecule has 1 aromatic heterocycles. The van der Waals surface area contributed by atoms with Gasteiger partial charge in [-0.2, -0.15) is 5.32 Å². The Bertz CT molecular complexity index is 258. The maximum absolute atomic E-state index is 10.5. The summed E-state index contributed by atoms with van der Waals surface area (Å²) in [5.74, 6) is 0.806. The Balaban J connectivity index is 2.51. The summed E-state index contributed by atoms with van der Waals surface area (Å²) in [6, 6.07) is 3.34. The number of fused-ring (bicyclic) bond motifs is 1. The molecule has 10 heavy (non-hydrogen) atoms. The van der Waals surface area contributed by atoms with E-state index in [0.29, 0.717) is 11.6 Å². The monoisotopic (exact) mass is 135 g/mol. The molecular formula is C6H3N2O2. The Morgan fingerprint density at radius 1 is 1.50 bits per heavy atom. The van der Waals surface area contributed by atoms with Crippen LogP contribution in [0.2, 0.25) is 0 Å². The highest BCUT2D eigenvalue weighted by Gasteiger charge is 2.21. The van der Waals surface area contributed by atoms with Gasteiger partial charge in [0.05, 0.1) is 0 Å². The molecule has 0 bridgehead atoms. The minimum absolute atomic E-state index is 0.368. The summed E-state index contributed by atoms with van der Waals surface area (Å²) in [4.78, 5) is 14.3. The van der Waals surface area contributed by atoms with E-state index in [1.54, 1.807) is 18.3 Å². The van der Waals surface area contributed by atoms with Crippen molar-refractivity contribution < 1.29 is 9.53 Å². The van der Waals surface area contributed by atoms with Gasteiger partial charge in [-0.05, 0) is 12.1 Å². The van der Waals surface area contributed by atoms with Crippen molar-refractivity contribution in [3.63, 3.8) is 0 Å². The van der Waals surface area contributed by atoms with Crippen LogP contribution >= 0.6 is 0 Å². The van der Waals surface area contributed by atoms with Gasteiger partial charge < -0.3 is 4.74 Å². The quantitative estimate of drug-likeness (QED) is 0.529. The first-order valence-electron chi connectivity index (χ1n) is 2.75. The van der Waals surface area contributed by atoms with Gasteiger partial charge in [0.15, 0.2) is 5.75 Å². The van der Waals surface area contributed by atoms with Crippen molar-refractivity contribution in [1.82, 2.24) is 10.3 Å². The maximum Gasteiger partial charge on any atom is 0.441 e. The molecule has 49 valence electrons. The number of ether oxygens (including phenoxy) is 1. The number of aromatic nitrogens is 1. The minimum atomic E-state index is -0.589. The maximum atomic E-state index is 10.5. The summed E-state index contributed by atoms with van der Waals surface area (Å²) in [6.45, 7) is 0. The first kappa shape index (κ1) is 5.22. The van der Waals surface area contributed by atoms with Gasteiger partial charge in [-0.25, -0.2) is 9.78 Å². The van der Waals surface area contributed by atoms with Crippen LogP contribution in [-0.4, -0.2) is 11.1 Å². The lowest BCUT2D eigenvalue weighted by Gasteiger charge is -1.88. The van der Waals surface area contributed by atoms with Crippen LogP contribution in [0, 0.1) is 0 Å². The van der Waals surface area contributed by atoms with E-state index < -0.39 is 6.09 Å². The Kier molecular flexibility index (Phi) is 0.887. The van der Waals surface area contributed by atoms with Crippen LogP contribution in [0.1, 0.15) is 0 Å². The summed E-state index contributed by atoms with van der Waals surface area (Å²) < 4.78 is 4.64. The van der Waals surface area contributed by atoms with Crippen LogP contribution in [0.3, 0.4) is 0 Å². The van der Waals surface area contributed by atoms with Gasteiger partial charge in [-0.1, -0.05) is 0 Å². The van der Waals surface area contributed by atoms with E-state index in [9.17, 15) is 4.79 Å². The molecule has 1 aliphatic heterocycles. The number of carbonyl (C=O) groups excluding carboxylic acids is 1. The first-order valence-corrected chi connectivity index (χ1v) is 2.75. The third kappa shape index (κ3) is 0.621. The molecule has 4 nitrogen and oxygen atoms in total. The van der Waals surface area contributed by atoms with E-state index in [0.717, 1.165) is 0 Å². The summed E-state index contributed by atoms with van der Waals surface area (Å²) in [7, 11) is 0. The largest absolute Gasteiger partial charge is 0.441 e. The number of amides is 1. The van der Waals surface area contributed by atoms with E-state index in [1.165, 1.54) is 0 Å². The van der Waals surface area contributed by atoms with E-state index in [1.807, 2.05) is 0 Å². The van der Waals surface area contributed by atoms with Crippen LogP contribution in [0.25, 0.3) is 0 Å². The molecule has 0 atom stereocenters. The van der Waals surface area contributed by atoms with E-state index in [4.69, 9.17) is 0 Å². The predicted molar refractivity (Wildman–Crippen MR) is 32.1 cm³/mol. The molecule has 0 aliphatic carbocycles. The van der Waals surface area contributed by atoms with Gasteiger partial charge in [0.25, 0.3) is 0 Å². The molecule has 2 heterocycles. The molecule has 0 unspecified atom stereocenters. The SMILES string of the molecule is O=C1[N]c2ncccc2O1. The van der Waals surface area contributed by atoms with Crippen LogP contribution in [0.15, 0.2) is 18.3 Å². The van der Waals surface area contributed by atoms with Crippen LogP contribution < -0.4 is 10.1 Å². The predicted octanol–water partition coefficient (Wildman–Crippen LogP) is 0.830. The Morgan fingerprint density at radius 3 is 3.20 bits per heavy atom. The van der Waals surface area contributed by atoms with Crippen molar-refractivity contribution in [3.8, 4) is 5.75 Å². The summed E-state index contributed by atoms with van der Waals surface area (Å²) in [5, 5.41) is 3.48. The standard InChI is InChI=1S/C6H3N2O2/c9-6-8-5-4(10-6)2-1-3-7-5/h1-3H. The molecule has 1 aromatic rings. The van der Waals surface area contributed by atoms with Crippen molar-refractivity contribution in [3.05, 3.63) is 18.3 Å². The van der Waals surface area contributed by atoms with Crippen molar-refractivity contribution in [2.24, 2.45) is 0 Å². The molecule has 1 amide bonds. The molecule has 4 heteroatoms. The van der Waals surface area contributed by atoms with E-state index >= 15 is 0 Å². The van der Waals surface area contributed by atoms with Gasteiger partial charge in [0.1, 0.15) is 0 Å². The number of nitrogens with zero attached hydrogens (tertiary/aromatic N) is 2. The highest BCUT2D eigenvalue weighted by atomic mass is 16.6. The second kappa shape index (κ2) is 1.70. The Labute approximate surface area is 56.8 Å². The molecular weight excluding hydrogens is 132 g/mol. The zero-order chi connectivity index (χ0) is 6.97. The van der Waals surface area contributed by atoms with Crippen molar-refractivity contribution >= 4 is 11.9 Å². The first-order chi connectivity index (χ1) is 4.86. The number of pyridine rings is 1. The van der Waals surface area contributed by atoms with Crippen LogP contribution in [-0.2, 0) is 0 Å². The fourth-order valence-electron chi connectivity index (χ4n) is 0.749. The number of rotatable bonds is 0. The lowest BCUT2D eigenvalue weighted by atomic mass is 10.4. The molecule has 0 saturated carbocycles. The van der Waals surface area contributed by atoms with Crippen LogP contribution in [0.5, 0.6) is 5.75 Å². The normalized spacial score (nSPS) is 13.8. The third-order valence-electron chi connectivity index (χ3n) is 1.15. The van der Waals surface area contributed by atoms with E-state index in [2.05, 4.69) is 15.0 Å². The third-order valence-corrected chi connectivity index (χ3v) is 1.15. The molecule has 0 N–H and O–H groups in total. The van der Waals surface area contributed by atoms with Gasteiger partial charge in [0.2, 0.25) is 5.82 Å². The Morgan fingerprint density at radius 2 is 2.40 bits per heavy atom. The van der Waals surface area contributed by atoms with Crippen molar-refractivity contribution in [2.75, 3.05) is 0 Å². The molecule has 2 rings (SSSR count). The smallest absolute Gasteiger partial charge is 0.405 e. The summed E-state index contributed by atoms with van der Waals surface area (Å²) in [6.07, 6.45) is 0.971. The zero-order valence-corrected chi connectivity index (χ0v) is 4.94. The van der Waals surface area contributed by atoms with Gasteiger partial charge in [0, 0.05) is 6.20 Å².